The monoisotopic (exact) mass is 427 g/mol. The lowest BCUT2D eigenvalue weighted by molar-refractivity contribution is 0.0468. The predicted molar refractivity (Wildman–Crippen MR) is 111 cm³/mol. The first-order valence-corrected chi connectivity index (χ1v) is 11.2. The van der Waals surface area contributed by atoms with Gasteiger partial charge in [-0.25, -0.2) is 9.78 Å². The molecule has 1 N–H and O–H groups in total. The van der Waals surface area contributed by atoms with Gasteiger partial charge < -0.3 is 10.1 Å². The highest BCUT2D eigenvalue weighted by Crippen LogP contribution is 2.26. The smallest absolute Gasteiger partial charge is 0.338 e. The first kappa shape index (κ1) is 19.3. The molecule has 1 aliphatic heterocycles. The zero-order valence-corrected chi connectivity index (χ0v) is 17.1. The van der Waals surface area contributed by atoms with Crippen molar-refractivity contribution in [1.29, 1.82) is 0 Å². The van der Waals surface area contributed by atoms with Gasteiger partial charge in [-0.1, -0.05) is 19.1 Å². The summed E-state index contributed by atoms with van der Waals surface area (Å²) in [4.78, 5) is 16.8. The van der Waals surface area contributed by atoms with Gasteiger partial charge in [0.1, 0.15) is 11.5 Å². The van der Waals surface area contributed by atoms with Crippen molar-refractivity contribution in [2.24, 2.45) is 4.40 Å². The lowest BCUT2D eigenvalue weighted by Crippen LogP contribution is -2.11. The summed E-state index contributed by atoms with van der Waals surface area (Å²) in [6.07, 6.45) is 0.851. The number of nitrogens with zero attached hydrogens (tertiary/aromatic N) is 2. The van der Waals surface area contributed by atoms with Gasteiger partial charge >= 0.3 is 5.97 Å². The normalized spacial score (nSPS) is 14.2. The van der Waals surface area contributed by atoms with Crippen LogP contribution in [0.25, 0.3) is 0 Å². The number of anilines is 1. The molecule has 1 aliphatic rings. The van der Waals surface area contributed by atoms with Crippen LogP contribution in [0.1, 0.15) is 33.5 Å². The Hall–Kier alpha value is -3.04. The van der Waals surface area contributed by atoms with E-state index in [0.717, 1.165) is 17.1 Å². The number of fused-ring (bicyclic) bond motifs is 1. The molecule has 0 saturated carbocycles. The zero-order chi connectivity index (χ0) is 20.4. The summed E-state index contributed by atoms with van der Waals surface area (Å²) >= 11 is 1.54. The number of hydrogen-bond donors (Lipinski definition) is 1. The van der Waals surface area contributed by atoms with Gasteiger partial charge in [0, 0.05) is 16.6 Å². The maximum Gasteiger partial charge on any atom is 0.338 e. The molecular formula is C20H17N3O4S2. The topological polar surface area (TPSA) is 97.7 Å². The third-order valence-electron chi connectivity index (χ3n) is 4.27. The molecule has 148 valence electrons. The van der Waals surface area contributed by atoms with Gasteiger partial charge in [-0.3, -0.25) is 0 Å². The third-order valence-corrected chi connectivity index (χ3v) is 6.64. The van der Waals surface area contributed by atoms with E-state index in [1.807, 2.05) is 12.3 Å². The fourth-order valence-electron chi connectivity index (χ4n) is 2.82. The van der Waals surface area contributed by atoms with E-state index in [1.165, 1.54) is 6.07 Å². The Labute approximate surface area is 172 Å². The number of benzene rings is 2. The van der Waals surface area contributed by atoms with Crippen molar-refractivity contribution in [1.82, 2.24) is 4.98 Å². The molecule has 2 heterocycles. The van der Waals surface area contributed by atoms with Crippen LogP contribution < -0.4 is 5.32 Å². The molecule has 0 unspecified atom stereocenters. The van der Waals surface area contributed by atoms with Crippen LogP contribution >= 0.6 is 11.3 Å². The number of sulfonamides is 1. The van der Waals surface area contributed by atoms with Gasteiger partial charge in [-0.15, -0.1) is 15.7 Å². The number of rotatable bonds is 5. The van der Waals surface area contributed by atoms with Crippen LogP contribution in [0.3, 0.4) is 0 Å². The van der Waals surface area contributed by atoms with E-state index in [4.69, 9.17) is 4.74 Å². The molecule has 0 radical (unpaired) electrons. The molecule has 29 heavy (non-hydrogen) atoms. The number of ether oxygens (including phenoxy) is 1. The molecule has 0 atom stereocenters. The number of hydrogen-bond acceptors (Lipinski definition) is 7. The number of amidine groups is 1. The molecule has 3 aromatic rings. The van der Waals surface area contributed by atoms with Crippen LogP contribution in [-0.4, -0.2) is 25.2 Å². The molecule has 0 amide bonds. The highest BCUT2D eigenvalue weighted by molar-refractivity contribution is 7.90. The Morgan fingerprint density at radius 2 is 1.90 bits per heavy atom. The fraction of sp³-hybridized carbons (Fsp3) is 0.150. The first-order chi connectivity index (χ1) is 14.0. The van der Waals surface area contributed by atoms with Crippen LogP contribution in [0.2, 0.25) is 0 Å². The van der Waals surface area contributed by atoms with Crippen molar-refractivity contribution in [3.8, 4) is 0 Å². The highest BCUT2D eigenvalue weighted by atomic mass is 32.2. The third kappa shape index (κ3) is 4.06. The average Bonchev–Trinajstić information content (AvgIpc) is 3.29. The molecule has 9 heteroatoms. The van der Waals surface area contributed by atoms with E-state index >= 15 is 0 Å². The van der Waals surface area contributed by atoms with E-state index in [1.54, 1.807) is 53.8 Å². The van der Waals surface area contributed by atoms with Crippen molar-refractivity contribution in [3.63, 3.8) is 0 Å². The van der Waals surface area contributed by atoms with Crippen molar-refractivity contribution >= 4 is 38.9 Å². The number of esters is 1. The highest BCUT2D eigenvalue weighted by Gasteiger charge is 2.28. The first-order valence-electron chi connectivity index (χ1n) is 8.88. The molecule has 1 aromatic heterocycles. The number of aryl methyl sites for hydroxylation is 1. The quantitative estimate of drug-likeness (QED) is 0.625. The summed E-state index contributed by atoms with van der Waals surface area (Å²) in [5.74, 6) is -0.195. The van der Waals surface area contributed by atoms with Crippen LogP contribution in [0, 0.1) is 0 Å². The Morgan fingerprint density at radius 1 is 1.14 bits per heavy atom. The summed E-state index contributed by atoms with van der Waals surface area (Å²) in [6.45, 7) is 2.15. The van der Waals surface area contributed by atoms with Gasteiger partial charge in [0.2, 0.25) is 0 Å². The Morgan fingerprint density at radius 3 is 2.62 bits per heavy atom. The summed E-state index contributed by atoms with van der Waals surface area (Å²) < 4.78 is 33.3. The van der Waals surface area contributed by atoms with Gasteiger partial charge in [0.25, 0.3) is 10.0 Å². The van der Waals surface area contributed by atoms with E-state index in [0.29, 0.717) is 16.8 Å². The number of aromatic nitrogens is 1. The molecule has 2 aromatic carbocycles. The largest absolute Gasteiger partial charge is 0.456 e. The van der Waals surface area contributed by atoms with Crippen molar-refractivity contribution < 1.29 is 17.9 Å². The predicted octanol–water partition coefficient (Wildman–Crippen LogP) is 3.62. The second kappa shape index (κ2) is 7.76. The van der Waals surface area contributed by atoms with E-state index in [2.05, 4.69) is 14.7 Å². The lowest BCUT2D eigenvalue weighted by atomic mass is 10.1. The zero-order valence-electron chi connectivity index (χ0n) is 15.5. The molecule has 0 fully saturated rings. The Balaban J connectivity index is 1.42. The standard InChI is InChI=1S/C20H17N3O4S2/c1-2-18-21-15(12-28-18)11-27-20(24)13-7-9-14(10-8-13)22-19-16-5-3-4-6-17(16)29(25,26)23-19/h3-10,12H,2,11H2,1H3,(H,22,23). The molecule has 0 saturated heterocycles. The molecule has 7 nitrogen and oxygen atoms in total. The van der Waals surface area contributed by atoms with Gasteiger partial charge in [-0.2, -0.15) is 8.42 Å². The van der Waals surface area contributed by atoms with Crippen LogP contribution in [-0.2, 0) is 27.8 Å². The minimum absolute atomic E-state index is 0.126. The Kier molecular flexibility index (Phi) is 5.16. The van der Waals surface area contributed by atoms with Crippen molar-refractivity contribution in [2.45, 2.75) is 24.8 Å². The lowest BCUT2D eigenvalue weighted by Gasteiger charge is -2.08. The molecule has 0 aliphatic carbocycles. The fourth-order valence-corrected chi connectivity index (χ4v) is 4.73. The number of carbonyl (C=O) groups excluding carboxylic acids is 1. The van der Waals surface area contributed by atoms with Crippen LogP contribution in [0.4, 0.5) is 5.69 Å². The van der Waals surface area contributed by atoms with Crippen molar-refractivity contribution in [2.75, 3.05) is 5.32 Å². The maximum absolute atomic E-state index is 12.2. The summed E-state index contributed by atoms with van der Waals surface area (Å²) in [6, 6.07) is 13.2. The van der Waals surface area contributed by atoms with E-state index in [9.17, 15) is 13.2 Å². The minimum Gasteiger partial charge on any atom is -0.456 e. The maximum atomic E-state index is 12.2. The summed E-state index contributed by atoms with van der Waals surface area (Å²) in [5, 5.41) is 5.88. The average molecular weight is 428 g/mol. The Bertz CT molecular complexity index is 1200. The SMILES string of the molecule is CCc1nc(COC(=O)c2ccc(NC3=NS(=O)(=O)c4ccccc43)cc2)cs1. The van der Waals surface area contributed by atoms with Gasteiger partial charge in [-0.05, 0) is 42.8 Å². The van der Waals surface area contributed by atoms with E-state index in [-0.39, 0.29) is 17.3 Å². The molecule has 0 bridgehead atoms. The summed E-state index contributed by atoms with van der Waals surface area (Å²) in [7, 11) is -3.68. The van der Waals surface area contributed by atoms with Crippen LogP contribution in [0.5, 0.6) is 0 Å². The number of carbonyl (C=O) groups is 1. The van der Waals surface area contributed by atoms with Crippen LogP contribution in [0.15, 0.2) is 63.2 Å². The second-order valence-electron chi connectivity index (χ2n) is 6.28. The summed E-state index contributed by atoms with van der Waals surface area (Å²) in [5.41, 5.74) is 2.26. The second-order valence-corrected chi connectivity index (χ2v) is 8.79. The van der Waals surface area contributed by atoms with Crippen molar-refractivity contribution in [3.05, 3.63) is 75.7 Å². The number of nitrogens with one attached hydrogen (secondary N) is 1. The number of thiazole rings is 1. The molecule has 0 spiro atoms. The van der Waals surface area contributed by atoms with E-state index < -0.39 is 16.0 Å². The molecule has 4 rings (SSSR count). The molecular weight excluding hydrogens is 410 g/mol. The minimum atomic E-state index is -3.68. The van der Waals surface area contributed by atoms with Gasteiger partial charge in [0.05, 0.1) is 16.3 Å². The van der Waals surface area contributed by atoms with Gasteiger partial charge in [0.15, 0.2) is 5.84 Å².